The molecule has 0 aromatic heterocycles. The summed E-state index contributed by atoms with van der Waals surface area (Å²) in [6.07, 6.45) is 0.623. The number of nitrogens with one attached hydrogen (secondary N) is 2. The van der Waals surface area contributed by atoms with Crippen LogP contribution in [0, 0.1) is 5.92 Å². The van der Waals surface area contributed by atoms with Crippen molar-refractivity contribution in [3.8, 4) is 11.1 Å². The second kappa shape index (κ2) is 9.62. The van der Waals surface area contributed by atoms with E-state index in [0.717, 1.165) is 16.7 Å². The van der Waals surface area contributed by atoms with Crippen molar-refractivity contribution in [2.45, 2.75) is 31.3 Å². The van der Waals surface area contributed by atoms with Crippen molar-refractivity contribution in [3.63, 3.8) is 0 Å². The van der Waals surface area contributed by atoms with E-state index in [4.69, 9.17) is 9.84 Å². The predicted octanol–water partition coefficient (Wildman–Crippen LogP) is 4.32. The van der Waals surface area contributed by atoms with Gasteiger partial charge in [0, 0.05) is 24.4 Å². The molecule has 0 aliphatic heterocycles. The highest BCUT2D eigenvalue weighted by atomic mass is 16.5. The van der Waals surface area contributed by atoms with E-state index in [-0.39, 0.29) is 42.5 Å². The molecule has 0 heterocycles. The highest BCUT2D eigenvalue weighted by molar-refractivity contribution is 5.87. The molecular weight excluding hydrogens is 444 g/mol. The highest BCUT2D eigenvalue weighted by Crippen LogP contribution is 2.44. The standard InChI is InChI=1S/C28H26N2O5/c31-26(29-15-17-6-5-7-18(12-17)27(32)33)19-13-20(14-19)30-28(34)35-16-25-23-10-3-1-8-21(23)22-9-2-4-11-24(22)25/h1-12,19-20,25H,13-16H2,(H,29,31)(H,30,34)(H,32,33). The van der Waals surface area contributed by atoms with Crippen LogP contribution in [0.5, 0.6) is 0 Å². The zero-order valence-electron chi connectivity index (χ0n) is 19.1. The Morgan fingerprint density at radius 3 is 2.20 bits per heavy atom. The predicted molar refractivity (Wildman–Crippen MR) is 130 cm³/mol. The van der Waals surface area contributed by atoms with Crippen molar-refractivity contribution in [2.24, 2.45) is 5.92 Å². The summed E-state index contributed by atoms with van der Waals surface area (Å²) in [7, 11) is 0. The zero-order valence-corrected chi connectivity index (χ0v) is 19.1. The first-order valence-corrected chi connectivity index (χ1v) is 11.7. The number of fused-ring (bicyclic) bond motifs is 3. The summed E-state index contributed by atoms with van der Waals surface area (Å²) in [5.74, 6) is -1.28. The fraction of sp³-hybridized carbons (Fsp3) is 0.250. The third kappa shape index (κ3) is 4.75. The maximum absolute atomic E-state index is 12.4. The van der Waals surface area contributed by atoms with Gasteiger partial charge in [0.15, 0.2) is 0 Å². The smallest absolute Gasteiger partial charge is 0.407 e. The number of carboxylic acids is 1. The summed E-state index contributed by atoms with van der Waals surface area (Å²) in [6.45, 7) is 0.521. The number of amides is 2. The second-order valence-electron chi connectivity index (χ2n) is 9.06. The summed E-state index contributed by atoms with van der Waals surface area (Å²) in [4.78, 5) is 35.9. The Kier molecular flexibility index (Phi) is 6.23. The van der Waals surface area contributed by atoms with E-state index in [1.165, 1.54) is 17.2 Å². The molecule has 0 unspecified atom stereocenters. The van der Waals surface area contributed by atoms with Crippen LogP contribution in [0.4, 0.5) is 4.79 Å². The summed E-state index contributed by atoms with van der Waals surface area (Å²) >= 11 is 0. The molecule has 5 rings (SSSR count). The maximum Gasteiger partial charge on any atom is 0.407 e. The van der Waals surface area contributed by atoms with Crippen molar-refractivity contribution >= 4 is 18.0 Å². The lowest BCUT2D eigenvalue weighted by Gasteiger charge is -2.34. The molecule has 1 fully saturated rings. The largest absolute Gasteiger partial charge is 0.478 e. The van der Waals surface area contributed by atoms with E-state index in [9.17, 15) is 14.4 Å². The van der Waals surface area contributed by atoms with Crippen molar-refractivity contribution in [1.82, 2.24) is 10.6 Å². The minimum atomic E-state index is -1.00. The molecule has 2 aliphatic rings. The van der Waals surface area contributed by atoms with Crippen molar-refractivity contribution in [3.05, 3.63) is 95.1 Å². The molecule has 178 valence electrons. The topological polar surface area (TPSA) is 105 Å². The number of hydrogen-bond acceptors (Lipinski definition) is 4. The minimum absolute atomic E-state index is 0.00713. The number of ether oxygens (including phenoxy) is 1. The van der Waals surface area contributed by atoms with Gasteiger partial charge in [0.2, 0.25) is 5.91 Å². The van der Waals surface area contributed by atoms with Crippen LogP contribution in [-0.2, 0) is 16.1 Å². The molecule has 2 amide bonds. The number of hydrogen-bond donors (Lipinski definition) is 3. The van der Waals surface area contributed by atoms with Crippen LogP contribution in [-0.4, -0.2) is 35.7 Å². The molecule has 0 radical (unpaired) electrons. The molecule has 3 aromatic rings. The average molecular weight is 471 g/mol. The van der Waals surface area contributed by atoms with E-state index < -0.39 is 12.1 Å². The van der Waals surface area contributed by atoms with Gasteiger partial charge < -0.3 is 20.5 Å². The van der Waals surface area contributed by atoms with E-state index in [2.05, 4.69) is 34.9 Å². The summed E-state index contributed by atoms with van der Waals surface area (Å²) < 4.78 is 5.58. The molecule has 3 aromatic carbocycles. The zero-order chi connectivity index (χ0) is 24.4. The van der Waals surface area contributed by atoms with Gasteiger partial charge in [-0.15, -0.1) is 0 Å². The Labute approximate surface area is 203 Å². The average Bonchev–Trinajstić information content (AvgIpc) is 3.17. The van der Waals surface area contributed by atoms with Gasteiger partial charge in [-0.2, -0.15) is 0 Å². The van der Waals surface area contributed by atoms with Gasteiger partial charge in [0.05, 0.1) is 5.56 Å². The first-order valence-electron chi connectivity index (χ1n) is 11.7. The number of carboxylic acid groups (broad SMARTS) is 1. The highest BCUT2D eigenvalue weighted by Gasteiger charge is 2.36. The molecular formula is C28H26N2O5. The SMILES string of the molecule is O=C(NC1CC(C(=O)NCc2cccc(C(=O)O)c2)C1)OCC1c2ccccc2-c2ccccc21. The maximum atomic E-state index is 12.4. The van der Waals surface area contributed by atoms with Crippen LogP contribution in [0.2, 0.25) is 0 Å². The molecule has 0 bridgehead atoms. The lowest BCUT2D eigenvalue weighted by Crippen LogP contribution is -2.49. The molecule has 1 saturated carbocycles. The number of alkyl carbamates (subject to hydrolysis) is 1. The monoisotopic (exact) mass is 470 g/mol. The summed E-state index contributed by atoms with van der Waals surface area (Å²) in [5.41, 5.74) is 5.60. The lowest BCUT2D eigenvalue weighted by atomic mass is 9.79. The Balaban J connectivity index is 1.07. The van der Waals surface area contributed by atoms with Gasteiger partial charge >= 0.3 is 12.1 Å². The summed E-state index contributed by atoms with van der Waals surface area (Å²) in [6, 6.07) is 22.8. The fourth-order valence-electron chi connectivity index (χ4n) is 4.90. The normalized spacial score (nSPS) is 18.1. The number of carbonyl (C=O) groups excluding carboxylic acids is 2. The molecule has 7 nitrogen and oxygen atoms in total. The van der Waals surface area contributed by atoms with E-state index >= 15 is 0 Å². The quantitative estimate of drug-likeness (QED) is 0.477. The second-order valence-corrected chi connectivity index (χ2v) is 9.06. The van der Waals surface area contributed by atoms with Crippen LogP contribution in [0.25, 0.3) is 11.1 Å². The molecule has 0 atom stereocenters. The number of aromatic carboxylic acids is 1. The van der Waals surface area contributed by atoms with Crippen LogP contribution in [0.15, 0.2) is 72.8 Å². The van der Waals surface area contributed by atoms with Crippen molar-refractivity contribution < 1.29 is 24.2 Å². The molecule has 3 N–H and O–H groups in total. The van der Waals surface area contributed by atoms with Gasteiger partial charge in [-0.25, -0.2) is 9.59 Å². The molecule has 35 heavy (non-hydrogen) atoms. The van der Waals surface area contributed by atoms with Gasteiger partial charge in [-0.1, -0.05) is 60.7 Å². The Morgan fingerprint density at radius 1 is 0.886 bits per heavy atom. The van der Waals surface area contributed by atoms with Crippen molar-refractivity contribution in [1.29, 1.82) is 0 Å². The molecule has 0 spiro atoms. The Hall–Kier alpha value is -4.13. The van der Waals surface area contributed by atoms with Crippen LogP contribution < -0.4 is 10.6 Å². The third-order valence-electron chi connectivity index (χ3n) is 6.82. The van der Waals surface area contributed by atoms with Gasteiger partial charge in [-0.3, -0.25) is 4.79 Å². The fourth-order valence-corrected chi connectivity index (χ4v) is 4.90. The Morgan fingerprint density at radius 2 is 1.54 bits per heavy atom. The number of rotatable bonds is 7. The first-order chi connectivity index (χ1) is 17.0. The first kappa shape index (κ1) is 22.7. The summed E-state index contributed by atoms with van der Waals surface area (Å²) in [5, 5.41) is 14.8. The molecule has 2 aliphatic carbocycles. The van der Waals surface area contributed by atoms with Gasteiger partial charge in [-0.05, 0) is 52.8 Å². The lowest BCUT2D eigenvalue weighted by molar-refractivity contribution is -0.128. The van der Waals surface area contributed by atoms with E-state index in [0.29, 0.717) is 12.8 Å². The minimum Gasteiger partial charge on any atom is -0.478 e. The molecule has 7 heteroatoms. The van der Waals surface area contributed by atoms with Gasteiger partial charge in [0.1, 0.15) is 6.61 Å². The van der Waals surface area contributed by atoms with Crippen LogP contribution >= 0.6 is 0 Å². The van der Waals surface area contributed by atoms with Gasteiger partial charge in [0.25, 0.3) is 0 Å². The Bertz CT molecular complexity index is 1240. The van der Waals surface area contributed by atoms with E-state index in [1.807, 2.05) is 24.3 Å². The number of carbonyl (C=O) groups is 3. The third-order valence-corrected chi connectivity index (χ3v) is 6.82. The number of benzene rings is 3. The van der Waals surface area contributed by atoms with Crippen LogP contribution in [0.3, 0.4) is 0 Å². The van der Waals surface area contributed by atoms with Crippen molar-refractivity contribution in [2.75, 3.05) is 6.61 Å². The van der Waals surface area contributed by atoms with Crippen LogP contribution in [0.1, 0.15) is 45.8 Å². The van der Waals surface area contributed by atoms with E-state index in [1.54, 1.807) is 18.2 Å². The molecule has 0 saturated heterocycles.